The molecule has 1 aliphatic heterocycles. The van der Waals surface area contributed by atoms with Gasteiger partial charge in [-0.3, -0.25) is 0 Å². The Morgan fingerprint density at radius 3 is 1.85 bits per heavy atom. The van der Waals surface area contributed by atoms with Crippen molar-refractivity contribution in [3.8, 4) is 51.7 Å². The van der Waals surface area contributed by atoms with Crippen LogP contribution in [-0.2, 0) is 11.2 Å². The van der Waals surface area contributed by atoms with Crippen LogP contribution in [0.25, 0.3) is 0 Å². The van der Waals surface area contributed by atoms with Crippen LogP contribution in [0.2, 0.25) is 0 Å². The molecule has 0 amide bonds. The summed E-state index contributed by atoms with van der Waals surface area (Å²) in [7, 11) is 0. The van der Waals surface area contributed by atoms with Gasteiger partial charge in [0, 0.05) is 29.7 Å². The van der Waals surface area contributed by atoms with Crippen LogP contribution in [0.4, 0.5) is 0 Å². The van der Waals surface area contributed by atoms with E-state index < -0.39 is 52.7 Å². The fraction of sp³-hybridized carbons (Fsp3) is 0.174. The SMILES string of the molecule is C.O=C(O[C@@H]1Cc2c(O)cc(O)cc2O[C@@H]1c1cc(O)c(O)c(O)c1)c1cc(O)c(O)c(O)c1. The zero-order chi connectivity index (χ0) is 24.0. The number of phenolic OH excluding ortho intramolecular Hbond substituents is 8. The second-order valence-corrected chi connectivity index (χ2v) is 7.40. The molecule has 3 aromatic rings. The number of rotatable bonds is 3. The highest BCUT2D eigenvalue weighted by Gasteiger charge is 2.37. The van der Waals surface area contributed by atoms with Gasteiger partial charge in [0.1, 0.15) is 23.4 Å². The van der Waals surface area contributed by atoms with Crippen LogP contribution >= 0.6 is 0 Å². The summed E-state index contributed by atoms with van der Waals surface area (Å²) < 4.78 is 11.3. The highest BCUT2D eigenvalue weighted by Crippen LogP contribution is 2.46. The number of fused-ring (bicyclic) bond motifs is 1. The van der Waals surface area contributed by atoms with Crippen LogP contribution in [0, 0.1) is 0 Å². The average Bonchev–Trinajstić information content (AvgIpc) is 2.75. The Labute approximate surface area is 192 Å². The van der Waals surface area contributed by atoms with Crippen molar-refractivity contribution in [1.29, 1.82) is 0 Å². The predicted molar refractivity (Wildman–Crippen MR) is 116 cm³/mol. The van der Waals surface area contributed by atoms with E-state index in [0.29, 0.717) is 0 Å². The third-order valence-electron chi connectivity index (χ3n) is 5.15. The predicted octanol–water partition coefficient (Wildman–Crippen LogP) is 2.87. The minimum atomic E-state index is -1.18. The van der Waals surface area contributed by atoms with Gasteiger partial charge in [-0.25, -0.2) is 4.79 Å². The second-order valence-electron chi connectivity index (χ2n) is 7.40. The van der Waals surface area contributed by atoms with Crippen LogP contribution in [0.15, 0.2) is 36.4 Å². The Balaban J connectivity index is 0.00000324. The quantitative estimate of drug-likeness (QED) is 0.205. The third-order valence-corrected chi connectivity index (χ3v) is 5.15. The van der Waals surface area contributed by atoms with Crippen LogP contribution in [0.1, 0.15) is 35.0 Å². The van der Waals surface area contributed by atoms with E-state index in [2.05, 4.69) is 0 Å². The van der Waals surface area contributed by atoms with Gasteiger partial charge in [-0.2, -0.15) is 0 Å². The first-order valence-corrected chi connectivity index (χ1v) is 9.47. The number of phenols is 8. The summed E-state index contributed by atoms with van der Waals surface area (Å²) in [5.41, 5.74) is -0.0189. The van der Waals surface area contributed by atoms with E-state index >= 15 is 0 Å². The van der Waals surface area contributed by atoms with Crippen molar-refractivity contribution >= 4 is 5.97 Å². The molecule has 34 heavy (non-hydrogen) atoms. The fourth-order valence-electron chi connectivity index (χ4n) is 3.55. The zero-order valence-corrected chi connectivity index (χ0v) is 16.6. The number of esters is 1. The third kappa shape index (κ3) is 4.18. The Bertz CT molecular complexity index is 1220. The topological polar surface area (TPSA) is 197 Å². The summed E-state index contributed by atoms with van der Waals surface area (Å²) >= 11 is 0. The first-order valence-electron chi connectivity index (χ1n) is 9.47. The lowest BCUT2D eigenvalue weighted by molar-refractivity contribution is -0.0189. The van der Waals surface area contributed by atoms with Crippen molar-refractivity contribution in [1.82, 2.24) is 0 Å². The molecule has 0 saturated heterocycles. The zero-order valence-electron chi connectivity index (χ0n) is 16.6. The minimum absolute atomic E-state index is 0. The smallest absolute Gasteiger partial charge is 0.338 e. The van der Waals surface area contributed by atoms with Gasteiger partial charge in [0.05, 0.1) is 5.56 Å². The van der Waals surface area contributed by atoms with E-state index in [1.807, 2.05) is 0 Å². The Hall–Kier alpha value is -4.67. The molecule has 2 atom stereocenters. The van der Waals surface area contributed by atoms with Gasteiger partial charge in [0.25, 0.3) is 0 Å². The lowest BCUT2D eigenvalue weighted by Gasteiger charge is -2.34. The van der Waals surface area contributed by atoms with Crippen molar-refractivity contribution in [3.63, 3.8) is 0 Å². The lowest BCUT2D eigenvalue weighted by Crippen LogP contribution is -2.34. The number of hydrogen-bond donors (Lipinski definition) is 8. The van der Waals surface area contributed by atoms with E-state index in [1.165, 1.54) is 6.07 Å². The molecule has 0 aromatic heterocycles. The largest absolute Gasteiger partial charge is 0.508 e. The number of ether oxygens (including phenoxy) is 2. The van der Waals surface area contributed by atoms with Crippen molar-refractivity contribution < 1.29 is 55.1 Å². The van der Waals surface area contributed by atoms with Crippen molar-refractivity contribution in [2.75, 3.05) is 0 Å². The number of aromatic hydroxyl groups is 8. The minimum Gasteiger partial charge on any atom is -0.508 e. The summed E-state index contributed by atoms with van der Waals surface area (Å²) in [6.07, 6.45) is -2.49. The highest BCUT2D eigenvalue weighted by atomic mass is 16.6. The normalized spacial score (nSPS) is 16.6. The summed E-state index contributed by atoms with van der Waals surface area (Å²) in [5, 5.41) is 78.2. The van der Waals surface area contributed by atoms with Crippen molar-refractivity contribution in [3.05, 3.63) is 53.1 Å². The molecule has 0 unspecified atom stereocenters. The molecule has 1 heterocycles. The molecule has 1 aliphatic rings. The van der Waals surface area contributed by atoms with Crippen LogP contribution in [0.5, 0.6) is 51.7 Å². The number of carbonyl (C=O) groups is 1. The molecular weight excluding hydrogens is 452 g/mol. The summed E-state index contributed by atoms with van der Waals surface area (Å²) in [6.45, 7) is 0. The molecule has 3 aromatic carbocycles. The van der Waals surface area contributed by atoms with Crippen LogP contribution < -0.4 is 4.74 Å². The van der Waals surface area contributed by atoms with Gasteiger partial charge in [0.15, 0.2) is 40.6 Å². The monoisotopic (exact) mass is 474 g/mol. The van der Waals surface area contributed by atoms with Crippen molar-refractivity contribution in [2.45, 2.75) is 26.1 Å². The van der Waals surface area contributed by atoms with Gasteiger partial charge >= 0.3 is 5.97 Å². The maximum Gasteiger partial charge on any atom is 0.338 e. The number of benzene rings is 3. The van der Waals surface area contributed by atoms with Gasteiger partial charge in [-0.15, -0.1) is 0 Å². The van der Waals surface area contributed by atoms with Gasteiger partial charge in [0.2, 0.25) is 0 Å². The van der Waals surface area contributed by atoms with Crippen LogP contribution in [-0.4, -0.2) is 52.9 Å². The summed E-state index contributed by atoms with van der Waals surface area (Å²) in [6, 6.07) is 6.18. The Kier molecular flexibility index (Phi) is 6.13. The van der Waals surface area contributed by atoms with E-state index in [1.54, 1.807) is 0 Å². The molecule has 0 aliphatic carbocycles. The molecule has 0 saturated carbocycles. The van der Waals surface area contributed by atoms with Crippen LogP contribution in [0.3, 0.4) is 0 Å². The number of carbonyl (C=O) groups excluding carboxylic acids is 1. The summed E-state index contributed by atoms with van der Waals surface area (Å²) in [5.74, 6) is -6.06. The lowest BCUT2D eigenvalue weighted by atomic mass is 9.93. The first-order chi connectivity index (χ1) is 15.5. The molecule has 180 valence electrons. The average molecular weight is 474 g/mol. The van der Waals surface area contributed by atoms with Gasteiger partial charge < -0.3 is 50.3 Å². The van der Waals surface area contributed by atoms with E-state index in [0.717, 1.165) is 30.3 Å². The Morgan fingerprint density at radius 2 is 1.29 bits per heavy atom. The molecule has 0 radical (unpaired) electrons. The number of hydrogen-bond acceptors (Lipinski definition) is 11. The maximum atomic E-state index is 12.7. The molecule has 11 heteroatoms. The molecule has 11 nitrogen and oxygen atoms in total. The highest BCUT2D eigenvalue weighted by molar-refractivity contribution is 5.91. The molecule has 0 spiro atoms. The maximum absolute atomic E-state index is 12.7. The Morgan fingerprint density at radius 1 is 0.765 bits per heavy atom. The van der Waals surface area contributed by atoms with Gasteiger partial charge in [-0.05, 0) is 24.3 Å². The molecule has 0 bridgehead atoms. The molecule has 4 rings (SSSR count). The first kappa shape index (κ1) is 24.0. The van der Waals surface area contributed by atoms with E-state index in [9.17, 15) is 45.6 Å². The second kappa shape index (κ2) is 8.70. The van der Waals surface area contributed by atoms with Gasteiger partial charge in [-0.1, -0.05) is 7.43 Å². The molecular formula is C23H22O11. The van der Waals surface area contributed by atoms with E-state index in [4.69, 9.17) is 9.47 Å². The summed E-state index contributed by atoms with van der Waals surface area (Å²) in [4.78, 5) is 12.7. The molecule has 8 N–H and O–H groups in total. The molecule has 0 fully saturated rings. The van der Waals surface area contributed by atoms with Crippen molar-refractivity contribution in [2.24, 2.45) is 0 Å². The van der Waals surface area contributed by atoms with E-state index in [-0.39, 0.29) is 47.8 Å². The fourth-order valence-corrected chi connectivity index (χ4v) is 3.55. The standard InChI is InChI=1S/C22H18O11.CH4/c23-10-5-12(24)11-7-18(33-22(31)9-3-15(27)20(30)16(28)4-9)21(32-17(11)6-10)8-1-13(25)19(29)14(26)2-8;/h1-6,18,21,23-30H,7H2;1H4/t18-,21-;/m1./s1.